The van der Waals surface area contributed by atoms with Crippen molar-refractivity contribution < 1.29 is 9.50 Å². The summed E-state index contributed by atoms with van der Waals surface area (Å²) in [5.41, 5.74) is 1.06. The number of hydrogen-bond donors (Lipinski definition) is 1. The molecule has 2 atom stereocenters. The molecular formula is C15H19FN2O. The van der Waals surface area contributed by atoms with Crippen LogP contribution in [0.25, 0.3) is 0 Å². The van der Waals surface area contributed by atoms with Crippen LogP contribution in [0.3, 0.4) is 0 Å². The highest BCUT2D eigenvalue weighted by Crippen LogP contribution is 2.39. The first kappa shape index (κ1) is 13.8. The minimum absolute atomic E-state index is 0.0629. The summed E-state index contributed by atoms with van der Waals surface area (Å²) in [7, 11) is 0. The molecule has 1 saturated heterocycles. The van der Waals surface area contributed by atoms with Gasteiger partial charge >= 0.3 is 0 Å². The number of anilines is 1. The molecule has 1 N–H and O–H groups in total. The van der Waals surface area contributed by atoms with Crippen LogP contribution in [0, 0.1) is 29.5 Å². The fraction of sp³-hybridized carbons (Fsp3) is 0.533. The van der Waals surface area contributed by atoms with Crippen molar-refractivity contribution in [1.82, 2.24) is 0 Å². The first-order chi connectivity index (χ1) is 8.79. The minimum Gasteiger partial charge on any atom is -0.390 e. The Kier molecular flexibility index (Phi) is 3.27. The molecule has 1 aliphatic rings. The van der Waals surface area contributed by atoms with Crippen molar-refractivity contribution >= 4 is 5.69 Å². The molecule has 0 aromatic heterocycles. The van der Waals surface area contributed by atoms with Crippen molar-refractivity contribution in [3.8, 4) is 6.07 Å². The molecule has 0 aliphatic carbocycles. The Morgan fingerprint density at radius 3 is 2.58 bits per heavy atom. The molecule has 3 nitrogen and oxygen atoms in total. The summed E-state index contributed by atoms with van der Waals surface area (Å²) in [5.74, 6) is -0.466. The Balaban J connectivity index is 2.45. The van der Waals surface area contributed by atoms with Crippen molar-refractivity contribution in [1.29, 1.82) is 5.26 Å². The number of benzene rings is 1. The number of aliphatic hydroxyl groups is 1. The molecule has 0 amide bonds. The predicted octanol–water partition coefficient (Wildman–Crippen LogP) is 2.60. The van der Waals surface area contributed by atoms with Crippen LogP contribution in [-0.4, -0.2) is 23.8 Å². The molecule has 1 fully saturated rings. The molecule has 1 aromatic carbocycles. The largest absolute Gasteiger partial charge is 0.390 e. The predicted molar refractivity (Wildman–Crippen MR) is 72.4 cm³/mol. The van der Waals surface area contributed by atoms with Gasteiger partial charge in [-0.1, -0.05) is 13.8 Å². The zero-order chi connectivity index (χ0) is 14.4. The van der Waals surface area contributed by atoms with E-state index in [1.165, 1.54) is 6.07 Å². The maximum absolute atomic E-state index is 14.0. The van der Waals surface area contributed by atoms with Crippen LogP contribution in [0.5, 0.6) is 0 Å². The van der Waals surface area contributed by atoms with E-state index in [2.05, 4.69) is 0 Å². The lowest BCUT2D eigenvalue weighted by Gasteiger charge is -2.26. The third-order valence-corrected chi connectivity index (χ3v) is 4.11. The normalized spacial score (nSPS) is 25.4. The molecule has 1 heterocycles. The Morgan fingerprint density at radius 1 is 1.47 bits per heavy atom. The summed E-state index contributed by atoms with van der Waals surface area (Å²) in [5, 5.41) is 19.1. The molecule has 0 radical (unpaired) electrons. The Bertz CT molecular complexity index is 548. The molecule has 0 saturated carbocycles. The average Bonchev–Trinajstić information content (AvgIpc) is 2.56. The van der Waals surface area contributed by atoms with Crippen LogP contribution in [-0.2, 0) is 0 Å². The van der Waals surface area contributed by atoms with Crippen molar-refractivity contribution in [3.63, 3.8) is 0 Å². The van der Waals surface area contributed by atoms with Crippen LogP contribution in [0.15, 0.2) is 12.1 Å². The van der Waals surface area contributed by atoms with Crippen LogP contribution >= 0.6 is 0 Å². The highest BCUT2D eigenvalue weighted by molar-refractivity contribution is 5.59. The second-order valence-corrected chi connectivity index (χ2v) is 5.98. The van der Waals surface area contributed by atoms with Crippen LogP contribution in [0.1, 0.15) is 31.9 Å². The third-order valence-electron chi connectivity index (χ3n) is 4.11. The van der Waals surface area contributed by atoms with Gasteiger partial charge in [-0.15, -0.1) is 0 Å². The number of aliphatic hydroxyl groups excluding tert-OH is 1. The maximum Gasteiger partial charge on any atom is 0.145 e. The van der Waals surface area contributed by atoms with E-state index in [9.17, 15) is 9.50 Å². The Labute approximate surface area is 113 Å². The molecule has 1 aliphatic heterocycles. The Hall–Kier alpha value is -1.60. The summed E-state index contributed by atoms with van der Waals surface area (Å²) in [4.78, 5) is 2.02. The number of halogens is 1. The summed E-state index contributed by atoms with van der Waals surface area (Å²) in [6.07, 6.45) is -0.453. The van der Waals surface area contributed by atoms with E-state index in [-0.39, 0.29) is 17.0 Å². The number of hydrogen-bond acceptors (Lipinski definition) is 3. The fourth-order valence-electron chi connectivity index (χ4n) is 2.88. The van der Waals surface area contributed by atoms with E-state index in [0.29, 0.717) is 12.1 Å². The summed E-state index contributed by atoms with van der Waals surface area (Å²) < 4.78 is 14.0. The Morgan fingerprint density at radius 2 is 2.11 bits per heavy atom. The topological polar surface area (TPSA) is 47.3 Å². The van der Waals surface area contributed by atoms with Crippen LogP contribution < -0.4 is 4.90 Å². The van der Waals surface area contributed by atoms with Crippen molar-refractivity contribution in [2.75, 3.05) is 11.4 Å². The first-order valence-electron chi connectivity index (χ1n) is 6.43. The quantitative estimate of drug-likeness (QED) is 0.846. The standard InChI is InChI=1S/C15H19FN2O/c1-9-12(6-5-11(7-17)13(9)16)18-8-15(3,4)14(19)10(18)2/h5-6,10,14,19H,8H2,1-4H3/t10-,14?/m0/s1. The van der Waals surface area contributed by atoms with Gasteiger partial charge in [0.2, 0.25) is 0 Å². The molecule has 0 bridgehead atoms. The lowest BCUT2D eigenvalue weighted by Crippen LogP contribution is -2.34. The number of nitriles is 1. The van der Waals surface area contributed by atoms with E-state index in [4.69, 9.17) is 5.26 Å². The van der Waals surface area contributed by atoms with E-state index < -0.39 is 11.9 Å². The first-order valence-corrected chi connectivity index (χ1v) is 6.43. The van der Waals surface area contributed by atoms with Crippen LogP contribution in [0.2, 0.25) is 0 Å². The molecule has 102 valence electrons. The second kappa shape index (κ2) is 4.50. The summed E-state index contributed by atoms with van der Waals surface area (Å²) >= 11 is 0. The van der Waals surface area contributed by atoms with E-state index >= 15 is 0 Å². The smallest absolute Gasteiger partial charge is 0.145 e. The molecular weight excluding hydrogens is 243 g/mol. The third kappa shape index (κ3) is 2.08. The zero-order valence-electron chi connectivity index (χ0n) is 11.7. The van der Waals surface area contributed by atoms with E-state index in [1.54, 1.807) is 13.0 Å². The molecule has 0 spiro atoms. The highest BCUT2D eigenvalue weighted by Gasteiger charge is 2.44. The number of rotatable bonds is 1. The average molecular weight is 262 g/mol. The summed E-state index contributed by atoms with van der Waals surface area (Å²) in [6, 6.07) is 5.05. The lowest BCUT2D eigenvalue weighted by atomic mass is 9.88. The minimum atomic E-state index is -0.466. The van der Waals surface area contributed by atoms with Gasteiger partial charge in [0, 0.05) is 23.2 Å². The van der Waals surface area contributed by atoms with Gasteiger partial charge in [-0.05, 0) is 26.0 Å². The number of nitrogens with zero attached hydrogens (tertiary/aromatic N) is 2. The second-order valence-electron chi connectivity index (χ2n) is 5.98. The SMILES string of the molecule is Cc1c(N2CC(C)(C)C(O)[C@@H]2C)ccc(C#N)c1F. The monoisotopic (exact) mass is 262 g/mol. The van der Waals surface area contributed by atoms with Gasteiger partial charge in [-0.25, -0.2) is 4.39 Å². The van der Waals surface area contributed by atoms with Gasteiger partial charge < -0.3 is 10.0 Å². The molecule has 2 rings (SSSR count). The van der Waals surface area contributed by atoms with Crippen LogP contribution in [0.4, 0.5) is 10.1 Å². The summed E-state index contributed by atoms with van der Waals surface area (Å²) in [6.45, 7) is 8.29. The van der Waals surface area contributed by atoms with Crippen molar-refractivity contribution in [2.45, 2.75) is 39.8 Å². The maximum atomic E-state index is 14.0. The van der Waals surface area contributed by atoms with Gasteiger partial charge in [-0.3, -0.25) is 0 Å². The molecule has 4 heteroatoms. The van der Waals surface area contributed by atoms with Crippen molar-refractivity contribution in [3.05, 3.63) is 29.1 Å². The van der Waals surface area contributed by atoms with Gasteiger partial charge in [0.15, 0.2) is 0 Å². The zero-order valence-corrected chi connectivity index (χ0v) is 11.7. The van der Waals surface area contributed by atoms with Gasteiger partial charge in [0.25, 0.3) is 0 Å². The van der Waals surface area contributed by atoms with Gasteiger partial charge in [-0.2, -0.15) is 5.26 Å². The van der Waals surface area contributed by atoms with Crippen molar-refractivity contribution in [2.24, 2.45) is 5.41 Å². The molecule has 19 heavy (non-hydrogen) atoms. The molecule has 1 unspecified atom stereocenters. The van der Waals surface area contributed by atoms with Gasteiger partial charge in [0.1, 0.15) is 11.9 Å². The van der Waals surface area contributed by atoms with E-state index in [0.717, 1.165) is 5.69 Å². The highest BCUT2D eigenvalue weighted by atomic mass is 19.1. The fourth-order valence-corrected chi connectivity index (χ4v) is 2.88. The van der Waals surface area contributed by atoms with Gasteiger partial charge in [0.05, 0.1) is 17.7 Å². The molecule has 1 aromatic rings. The lowest BCUT2D eigenvalue weighted by molar-refractivity contribution is 0.0766. The van der Waals surface area contributed by atoms with E-state index in [1.807, 2.05) is 31.7 Å².